The molecule has 2 nitrogen and oxygen atoms in total. The monoisotopic (exact) mass is 236 g/mol. The van der Waals surface area contributed by atoms with Gasteiger partial charge in [-0.2, -0.15) is 0 Å². The highest BCUT2D eigenvalue weighted by Crippen LogP contribution is 2.28. The number of anilines is 2. The molecule has 2 aromatic rings. The number of hydrogen-bond donors (Lipinski definition) is 2. The maximum atomic E-state index is 3.46. The molecule has 0 atom stereocenters. The first-order valence-electron chi connectivity index (χ1n) is 6.18. The molecule has 0 bridgehead atoms. The van der Waals surface area contributed by atoms with Crippen molar-refractivity contribution in [1.29, 1.82) is 0 Å². The second-order valence-electron chi connectivity index (χ2n) is 4.50. The lowest BCUT2D eigenvalue weighted by molar-refractivity contribution is 1.26. The van der Waals surface area contributed by atoms with Gasteiger partial charge in [-0.05, 0) is 35.4 Å². The minimum absolute atomic E-state index is 0.990. The van der Waals surface area contributed by atoms with Gasteiger partial charge >= 0.3 is 0 Å². The van der Waals surface area contributed by atoms with Crippen molar-refractivity contribution in [2.24, 2.45) is 0 Å². The van der Waals surface area contributed by atoms with Gasteiger partial charge in [0, 0.05) is 30.5 Å². The SMILES string of the molecule is CNc1ccc(/C=C2\Cc3ccccc3N2)cc1. The summed E-state index contributed by atoms with van der Waals surface area (Å²) >= 11 is 0. The van der Waals surface area contributed by atoms with E-state index in [9.17, 15) is 0 Å². The van der Waals surface area contributed by atoms with Gasteiger partial charge < -0.3 is 10.6 Å². The van der Waals surface area contributed by atoms with Crippen LogP contribution in [0.1, 0.15) is 11.1 Å². The lowest BCUT2D eigenvalue weighted by Gasteiger charge is -2.02. The third-order valence-corrected chi connectivity index (χ3v) is 3.23. The summed E-state index contributed by atoms with van der Waals surface area (Å²) in [5.74, 6) is 0. The van der Waals surface area contributed by atoms with Gasteiger partial charge in [-0.25, -0.2) is 0 Å². The van der Waals surface area contributed by atoms with Crippen molar-refractivity contribution in [1.82, 2.24) is 0 Å². The molecule has 3 rings (SSSR count). The van der Waals surface area contributed by atoms with E-state index in [1.54, 1.807) is 0 Å². The Kier molecular flexibility index (Phi) is 2.77. The molecule has 1 aliphatic heterocycles. The van der Waals surface area contributed by atoms with Crippen LogP contribution in [0, 0.1) is 0 Å². The Balaban J connectivity index is 1.82. The first kappa shape index (κ1) is 10.9. The average Bonchev–Trinajstić information content (AvgIpc) is 2.82. The number of nitrogens with one attached hydrogen (secondary N) is 2. The van der Waals surface area contributed by atoms with Crippen molar-refractivity contribution < 1.29 is 0 Å². The van der Waals surface area contributed by atoms with Gasteiger partial charge in [0.2, 0.25) is 0 Å². The third kappa shape index (κ3) is 2.09. The first-order chi connectivity index (χ1) is 8.85. The van der Waals surface area contributed by atoms with Crippen LogP contribution in [0.4, 0.5) is 11.4 Å². The van der Waals surface area contributed by atoms with Crippen LogP contribution < -0.4 is 10.6 Å². The molecule has 0 fully saturated rings. The van der Waals surface area contributed by atoms with Crippen molar-refractivity contribution in [3.05, 3.63) is 65.4 Å². The van der Waals surface area contributed by atoms with Crippen molar-refractivity contribution >= 4 is 17.5 Å². The predicted molar refractivity (Wildman–Crippen MR) is 77.7 cm³/mol. The van der Waals surface area contributed by atoms with Crippen LogP contribution in [0.25, 0.3) is 6.08 Å². The summed E-state index contributed by atoms with van der Waals surface area (Å²) in [6.07, 6.45) is 3.20. The molecule has 0 aromatic heterocycles. The molecule has 2 heteroatoms. The predicted octanol–water partition coefficient (Wildman–Crippen LogP) is 3.74. The van der Waals surface area contributed by atoms with E-state index >= 15 is 0 Å². The fourth-order valence-corrected chi connectivity index (χ4v) is 2.25. The van der Waals surface area contributed by atoms with Crippen LogP contribution in [0.15, 0.2) is 54.2 Å². The molecule has 1 heterocycles. The number of benzene rings is 2. The highest BCUT2D eigenvalue weighted by atomic mass is 14.9. The van der Waals surface area contributed by atoms with Gasteiger partial charge in [0.15, 0.2) is 0 Å². The molecule has 0 saturated heterocycles. The van der Waals surface area contributed by atoms with Crippen LogP contribution in [0.2, 0.25) is 0 Å². The minimum Gasteiger partial charge on any atom is -0.388 e. The second kappa shape index (κ2) is 4.57. The molecule has 2 N–H and O–H groups in total. The van der Waals surface area contributed by atoms with Gasteiger partial charge in [0.1, 0.15) is 0 Å². The van der Waals surface area contributed by atoms with Gasteiger partial charge in [-0.1, -0.05) is 30.3 Å². The smallest absolute Gasteiger partial charge is 0.0418 e. The standard InChI is InChI=1S/C16H16N2/c1-17-14-8-6-12(7-9-14)10-15-11-13-4-2-3-5-16(13)18-15/h2-10,17-18H,11H2,1H3/b15-10+. The fraction of sp³-hybridized carbons (Fsp3) is 0.125. The quantitative estimate of drug-likeness (QED) is 0.830. The summed E-state index contributed by atoms with van der Waals surface area (Å²) < 4.78 is 0. The summed E-state index contributed by atoms with van der Waals surface area (Å²) in [5.41, 5.74) is 6.23. The lowest BCUT2D eigenvalue weighted by Crippen LogP contribution is -1.91. The summed E-state index contributed by atoms with van der Waals surface area (Å²) in [6.45, 7) is 0. The Morgan fingerprint density at radius 2 is 1.83 bits per heavy atom. The molecule has 18 heavy (non-hydrogen) atoms. The number of fused-ring (bicyclic) bond motifs is 1. The molecule has 0 saturated carbocycles. The van der Waals surface area contributed by atoms with E-state index < -0.39 is 0 Å². The third-order valence-electron chi connectivity index (χ3n) is 3.23. The van der Waals surface area contributed by atoms with Crippen LogP contribution in [0.5, 0.6) is 0 Å². The zero-order valence-electron chi connectivity index (χ0n) is 10.4. The van der Waals surface area contributed by atoms with Crippen LogP contribution in [0.3, 0.4) is 0 Å². The largest absolute Gasteiger partial charge is 0.388 e. The lowest BCUT2D eigenvalue weighted by atomic mass is 10.1. The number of hydrogen-bond acceptors (Lipinski definition) is 2. The molecule has 0 aliphatic carbocycles. The summed E-state index contributed by atoms with van der Waals surface area (Å²) in [7, 11) is 1.93. The highest BCUT2D eigenvalue weighted by Gasteiger charge is 2.12. The number of rotatable bonds is 2. The Morgan fingerprint density at radius 3 is 2.56 bits per heavy atom. The van der Waals surface area contributed by atoms with E-state index in [-0.39, 0.29) is 0 Å². The summed E-state index contributed by atoms with van der Waals surface area (Å²) in [5, 5.41) is 6.58. The van der Waals surface area contributed by atoms with Gasteiger partial charge in [0.25, 0.3) is 0 Å². The Hall–Kier alpha value is -2.22. The summed E-state index contributed by atoms with van der Waals surface area (Å²) in [4.78, 5) is 0. The summed E-state index contributed by atoms with van der Waals surface area (Å²) in [6, 6.07) is 16.9. The van der Waals surface area contributed by atoms with Crippen LogP contribution in [-0.4, -0.2) is 7.05 Å². The Labute approximate surface area is 107 Å². The van der Waals surface area contributed by atoms with E-state index in [0.29, 0.717) is 0 Å². The van der Waals surface area contributed by atoms with Gasteiger partial charge in [-0.3, -0.25) is 0 Å². The first-order valence-corrected chi connectivity index (χ1v) is 6.18. The second-order valence-corrected chi connectivity index (χ2v) is 4.50. The molecule has 0 amide bonds. The molecular weight excluding hydrogens is 220 g/mol. The molecule has 2 aromatic carbocycles. The van der Waals surface area contributed by atoms with E-state index in [1.807, 2.05) is 7.05 Å². The van der Waals surface area contributed by atoms with E-state index in [0.717, 1.165) is 12.1 Å². The number of allylic oxidation sites excluding steroid dienone is 1. The highest BCUT2D eigenvalue weighted by molar-refractivity contribution is 5.69. The molecule has 90 valence electrons. The maximum Gasteiger partial charge on any atom is 0.0418 e. The van der Waals surface area contributed by atoms with Crippen LogP contribution >= 0.6 is 0 Å². The van der Waals surface area contributed by atoms with E-state index in [1.165, 1.54) is 22.5 Å². The van der Waals surface area contributed by atoms with Crippen LogP contribution in [-0.2, 0) is 6.42 Å². The molecule has 0 unspecified atom stereocenters. The van der Waals surface area contributed by atoms with Crippen molar-refractivity contribution in [2.75, 3.05) is 17.7 Å². The van der Waals surface area contributed by atoms with Crippen molar-refractivity contribution in [3.8, 4) is 0 Å². The van der Waals surface area contributed by atoms with Gasteiger partial charge in [-0.15, -0.1) is 0 Å². The normalized spacial score (nSPS) is 15.3. The van der Waals surface area contributed by atoms with Crippen molar-refractivity contribution in [3.63, 3.8) is 0 Å². The zero-order chi connectivity index (χ0) is 12.4. The Bertz CT molecular complexity index is 555. The molecule has 1 aliphatic rings. The Morgan fingerprint density at radius 1 is 1.06 bits per heavy atom. The fourth-order valence-electron chi connectivity index (χ4n) is 2.25. The zero-order valence-corrected chi connectivity index (χ0v) is 10.4. The van der Waals surface area contributed by atoms with Crippen molar-refractivity contribution in [2.45, 2.75) is 6.42 Å². The molecular formula is C16H16N2. The average molecular weight is 236 g/mol. The van der Waals surface area contributed by atoms with E-state index in [4.69, 9.17) is 0 Å². The maximum absolute atomic E-state index is 3.46. The molecule has 0 spiro atoms. The van der Waals surface area contributed by atoms with E-state index in [2.05, 4.69) is 65.2 Å². The topological polar surface area (TPSA) is 24.1 Å². The molecule has 0 radical (unpaired) electrons. The number of para-hydroxylation sites is 1. The minimum atomic E-state index is 0.990. The van der Waals surface area contributed by atoms with Gasteiger partial charge in [0.05, 0.1) is 0 Å².